The van der Waals surface area contributed by atoms with Crippen LogP contribution in [0.15, 0.2) is 52.7 Å². The molecule has 0 saturated carbocycles. The molecule has 0 fully saturated rings. The minimum Gasteiger partial charge on any atom is -0.476 e. The molecule has 0 aliphatic rings. The SMILES string of the molecule is C=C=C/C=C(\CCCNC(=O)C(C)(C)Oc1ccc(Br)cc1Cl)C(C#CC)C(C(=O)OC)C(=O)OC. The highest BCUT2D eigenvalue weighted by Crippen LogP contribution is 2.31. The average molecular weight is 581 g/mol. The van der Waals surface area contributed by atoms with Crippen LogP contribution in [0, 0.1) is 23.7 Å². The van der Waals surface area contributed by atoms with Crippen molar-refractivity contribution in [1.29, 1.82) is 0 Å². The Hall–Kier alpha value is -2.98. The number of amides is 1. The summed E-state index contributed by atoms with van der Waals surface area (Å²) in [5.41, 5.74) is 2.14. The molecule has 1 rings (SSSR count). The third-order valence-corrected chi connectivity index (χ3v) is 5.88. The molecule has 0 heterocycles. The maximum Gasteiger partial charge on any atom is 0.321 e. The second-order valence-corrected chi connectivity index (χ2v) is 9.38. The summed E-state index contributed by atoms with van der Waals surface area (Å²) in [6, 6.07) is 5.13. The molecule has 7 nitrogen and oxygen atoms in total. The van der Waals surface area contributed by atoms with Gasteiger partial charge in [0.05, 0.1) is 25.2 Å². The van der Waals surface area contributed by atoms with Gasteiger partial charge in [-0.1, -0.05) is 51.7 Å². The summed E-state index contributed by atoms with van der Waals surface area (Å²) in [6.45, 7) is 8.76. The standard InChI is InChI=1S/C27H31BrClNO6/c1-7-9-12-18(20(11-8-2)23(24(31)34-5)25(32)35-6)13-10-16-30-26(33)27(3,4)36-22-15-14-19(28)17-21(22)29/h9,12,14-15,17,20,23H,1,10,13,16H2,2-6H3,(H,30,33)/b18-12+. The molecule has 1 aromatic rings. The number of hydrogen-bond acceptors (Lipinski definition) is 6. The molecule has 0 aliphatic carbocycles. The Morgan fingerprint density at radius 1 is 1.22 bits per heavy atom. The second kappa shape index (κ2) is 15.2. The molecule has 0 aliphatic heterocycles. The third kappa shape index (κ3) is 9.23. The molecule has 0 bridgehead atoms. The van der Waals surface area contributed by atoms with Crippen molar-refractivity contribution in [2.24, 2.45) is 11.8 Å². The van der Waals surface area contributed by atoms with E-state index in [4.69, 9.17) is 25.8 Å². The van der Waals surface area contributed by atoms with Crippen LogP contribution < -0.4 is 10.1 Å². The Labute approximate surface area is 226 Å². The number of allylic oxidation sites excluding steroid dienone is 3. The topological polar surface area (TPSA) is 90.9 Å². The van der Waals surface area contributed by atoms with Gasteiger partial charge in [-0.2, -0.15) is 0 Å². The highest BCUT2D eigenvalue weighted by atomic mass is 79.9. The van der Waals surface area contributed by atoms with E-state index in [0.717, 1.165) is 4.47 Å². The summed E-state index contributed by atoms with van der Waals surface area (Å²) < 4.78 is 16.3. The molecule has 0 radical (unpaired) electrons. The predicted octanol–water partition coefficient (Wildman–Crippen LogP) is 5.03. The van der Waals surface area contributed by atoms with Crippen molar-refractivity contribution in [3.8, 4) is 17.6 Å². The first-order chi connectivity index (χ1) is 17.0. The second-order valence-electron chi connectivity index (χ2n) is 8.05. The quantitative estimate of drug-likeness (QED) is 0.0932. The fourth-order valence-electron chi connectivity index (χ4n) is 3.26. The van der Waals surface area contributed by atoms with E-state index in [1.54, 1.807) is 51.1 Å². The van der Waals surface area contributed by atoms with E-state index < -0.39 is 29.4 Å². The molecule has 36 heavy (non-hydrogen) atoms. The van der Waals surface area contributed by atoms with Gasteiger partial charge in [-0.25, -0.2) is 0 Å². The lowest BCUT2D eigenvalue weighted by Crippen LogP contribution is -2.46. The molecular formula is C27H31BrClNO6. The first-order valence-corrected chi connectivity index (χ1v) is 12.2. The van der Waals surface area contributed by atoms with E-state index in [9.17, 15) is 14.4 Å². The number of methoxy groups -OCH3 is 2. The van der Waals surface area contributed by atoms with Gasteiger partial charge in [0.15, 0.2) is 11.5 Å². The summed E-state index contributed by atoms with van der Waals surface area (Å²) in [5, 5.41) is 3.23. The molecule has 0 aromatic heterocycles. The van der Waals surface area contributed by atoms with Gasteiger partial charge in [0.1, 0.15) is 5.75 Å². The number of rotatable bonds is 12. The van der Waals surface area contributed by atoms with Crippen molar-refractivity contribution in [2.45, 2.75) is 39.2 Å². The first-order valence-electron chi connectivity index (χ1n) is 11.1. The Morgan fingerprint density at radius 2 is 1.86 bits per heavy atom. The number of ether oxygens (including phenoxy) is 3. The number of benzene rings is 1. The van der Waals surface area contributed by atoms with Crippen molar-refractivity contribution in [2.75, 3.05) is 20.8 Å². The average Bonchev–Trinajstić information content (AvgIpc) is 2.84. The normalized spacial score (nSPS) is 11.9. The van der Waals surface area contributed by atoms with E-state index >= 15 is 0 Å². The lowest BCUT2D eigenvalue weighted by atomic mass is 9.83. The Kier molecular flexibility index (Phi) is 13.1. The maximum atomic E-state index is 12.8. The van der Waals surface area contributed by atoms with Gasteiger partial charge in [-0.3, -0.25) is 14.4 Å². The molecule has 0 saturated heterocycles. The van der Waals surface area contributed by atoms with Crippen molar-refractivity contribution in [1.82, 2.24) is 5.32 Å². The Bertz CT molecular complexity index is 1080. The molecule has 194 valence electrons. The van der Waals surface area contributed by atoms with Crippen LogP contribution in [0.4, 0.5) is 0 Å². The fourth-order valence-corrected chi connectivity index (χ4v) is 3.97. The number of esters is 2. The fraction of sp³-hybridized carbons (Fsp3) is 0.407. The smallest absolute Gasteiger partial charge is 0.321 e. The van der Waals surface area contributed by atoms with Crippen LogP contribution in [-0.2, 0) is 23.9 Å². The summed E-state index contributed by atoms with van der Waals surface area (Å²) in [6.07, 6.45) is 4.19. The molecule has 9 heteroatoms. The van der Waals surface area contributed by atoms with Gasteiger partial charge < -0.3 is 19.5 Å². The number of hydrogen-bond donors (Lipinski definition) is 1. The highest BCUT2D eigenvalue weighted by molar-refractivity contribution is 9.10. The molecule has 1 amide bonds. The maximum absolute atomic E-state index is 12.8. The number of halogens is 2. The molecule has 1 atom stereocenters. The zero-order chi connectivity index (χ0) is 27.3. The van der Waals surface area contributed by atoms with Gasteiger partial charge in [-0.15, -0.1) is 11.7 Å². The van der Waals surface area contributed by atoms with E-state index in [1.165, 1.54) is 14.2 Å². The first kappa shape index (κ1) is 31.1. The van der Waals surface area contributed by atoms with E-state index in [0.29, 0.717) is 35.7 Å². The van der Waals surface area contributed by atoms with Crippen molar-refractivity contribution in [3.63, 3.8) is 0 Å². The van der Waals surface area contributed by atoms with E-state index in [-0.39, 0.29) is 5.91 Å². The van der Waals surface area contributed by atoms with Crippen molar-refractivity contribution < 1.29 is 28.6 Å². The van der Waals surface area contributed by atoms with Gasteiger partial charge >= 0.3 is 11.9 Å². The third-order valence-electron chi connectivity index (χ3n) is 5.09. The Morgan fingerprint density at radius 3 is 2.39 bits per heavy atom. The van der Waals surface area contributed by atoms with Gasteiger partial charge in [-0.05, 0) is 57.9 Å². The molecule has 1 aromatic carbocycles. The van der Waals surface area contributed by atoms with Gasteiger partial charge in [0.2, 0.25) is 0 Å². The minimum absolute atomic E-state index is 0.308. The van der Waals surface area contributed by atoms with Gasteiger partial charge in [0.25, 0.3) is 5.91 Å². The van der Waals surface area contributed by atoms with Crippen LogP contribution in [0.25, 0.3) is 0 Å². The van der Waals surface area contributed by atoms with Crippen LogP contribution in [0.1, 0.15) is 33.6 Å². The molecule has 0 spiro atoms. The van der Waals surface area contributed by atoms with Crippen molar-refractivity contribution >= 4 is 45.4 Å². The van der Waals surface area contributed by atoms with Crippen LogP contribution in [-0.4, -0.2) is 44.2 Å². The highest BCUT2D eigenvalue weighted by Gasteiger charge is 2.38. The molecule has 1 N–H and O–H groups in total. The lowest BCUT2D eigenvalue weighted by Gasteiger charge is -2.26. The summed E-state index contributed by atoms with van der Waals surface area (Å²) in [4.78, 5) is 37.6. The number of carbonyl (C=O) groups excluding carboxylic acids is 3. The molecular weight excluding hydrogens is 550 g/mol. The van der Waals surface area contributed by atoms with Crippen LogP contribution in [0.5, 0.6) is 5.75 Å². The molecule has 1 unspecified atom stereocenters. The minimum atomic E-state index is -1.26. The summed E-state index contributed by atoms with van der Waals surface area (Å²) in [5.74, 6) is 2.21. The zero-order valence-electron chi connectivity index (χ0n) is 21.1. The van der Waals surface area contributed by atoms with Crippen LogP contribution >= 0.6 is 27.5 Å². The van der Waals surface area contributed by atoms with Crippen molar-refractivity contribution in [3.05, 3.63) is 57.7 Å². The summed E-state index contributed by atoms with van der Waals surface area (Å²) in [7, 11) is 2.39. The zero-order valence-corrected chi connectivity index (χ0v) is 23.4. The lowest BCUT2D eigenvalue weighted by molar-refractivity contribution is -0.160. The van der Waals surface area contributed by atoms with E-state index in [2.05, 4.69) is 45.4 Å². The van der Waals surface area contributed by atoms with Gasteiger partial charge in [0, 0.05) is 11.0 Å². The van der Waals surface area contributed by atoms with E-state index in [1.807, 2.05) is 0 Å². The number of carbonyl (C=O) groups is 3. The van der Waals surface area contributed by atoms with Crippen LogP contribution in [0.3, 0.4) is 0 Å². The Balaban J connectivity index is 2.95. The van der Waals surface area contributed by atoms with Crippen LogP contribution in [0.2, 0.25) is 5.02 Å². The largest absolute Gasteiger partial charge is 0.476 e. The number of nitrogens with one attached hydrogen (secondary N) is 1. The monoisotopic (exact) mass is 579 g/mol. The summed E-state index contributed by atoms with van der Waals surface area (Å²) >= 11 is 9.54. The predicted molar refractivity (Wildman–Crippen MR) is 142 cm³/mol.